The Hall–Kier alpha value is 0.270. The largest absolute Gasteiger partial charge is 0.383 e. The van der Waals surface area contributed by atoms with Crippen LogP contribution in [0.4, 0.5) is 0 Å². The molecule has 0 atom stereocenters. The molecule has 0 radical (unpaired) electrons. The molecule has 2 bridgehead atoms. The Kier molecular flexibility index (Phi) is 15.8. The summed E-state index contributed by atoms with van der Waals surface area (Å²) in [7, 11) is 0. The van der Waals surface area contributed by atoms with Crippen LogP contribution in [0.1, 0.15) is 6.42 Å². The van der Waals surface area contributed by atoms with Gasteiger partial charge in [-0.1, -0.05) is 6.08 Å². The minimum Gasteiger partial charge on any atom is -0.383 e. The second-order valence-corrected chi connectivity index (χ2v) is 11.1. The predicted octanol–water partition coefficient (Wildman–Crippen LogP) is 3.84. The number of nitrogens with zero attached hydrogens (tertiary/aromatic N) is 1. The van der Waals surface area contributed by atoms with Crippen LogP contribution < -0.4 is 5.32 Å². The third kappa shape index (κ3) is 13.5. The number of hydrogen-bond donors (Lipinski definition) is 1. The van der Waals surface area contributed by atoms with E-state index in [1.807, 2.05) is 23.5 Å². The van der Waals surface area contributed by atoms with Crippen LogP contribution in [0.15, 0.2) is 28.9 Å². The van der Waals surface area contributed by atoms with E-state index >= 15 is 0 Å². The van der Waals surface area contributed by atoms with E-state index in [2.05, 4.69) is 52.1 Å². The van der Waals surface area contributed by atoms with E-state index in [0.717, 1.165) is 56.5 Å². The van der Waals surface area contributed by atoms with Gasteiger partial charge in [0.15, 0.2) is 0 Å². The van der Waals surface area contributed by atoms with Crippen LogP contribution >= 0.6 is 47.0 Å². The molecule has 0 aromatic heterocycles. The van der Waals surface area contributed by atoms with Gasteiger partial charge < -0.3 is 14.8 Å². The lowest BCUT2D eigenvalue weighted by Gasteiger charge is -2.12. The molecule has 0 aromatic carbocycles. The summed E-state index contributed by atoms with van der Waals surface area (Å²) >= 11 is 8.16. The van der Waals surface area contributed by atoms with Crippen LogP contribution in [0.2, 0.25) is 0 Å². The number of aliphatic imine (C=N–C) groups is 1. The summed E-state index contributed by atoms with van der Waals surface area (Å²) in [4.78, 5) is 4.62. The highest BCUT2D eigenvalue weighted by atomic mass is 32.2. The Balaban J connectivity index is 1.63. The first-order valence-electron chi connectivity index (χ1n) is 10.1. The Morgan fingerprint density at radius 1 is 0.714 bits per heavy atom. The van der Waals surface area contributed by atoms with Gasteiger partial charge in [0.25, 0.3) is 0 Å². The van der Waals surface area contributed by atoms with E-state index in [4.69, 9.17) is 9.47 Å². The number of thioether (sulfide) groups is 4. The van der Waals surface area contributed by atoms with Gasteiger partial charge in [-0.05, 0) is 12.2 Å². The van der Waals surface area contributed by atoms with Crippen molar-refractivity contribution in [2.75, 3.05) is 85.5 Å². The van der Waals surface area contributed by atoms with Gasteiger partial charge in [-0.3, -0.25) is 4.99 Å². The smallest absolute Gasteiger partial charge is 0.0662 e. The highest BCUT2D eigenvalue weighted by Crippen LogP contribution is 2.12. The number of rotatable bonds is 0. The molecule has 0 saturated carbocycles. The molecule has 0 unspecified atom stereocenters. The van der Waals surface area contributed by atoms with Gasteiger partial charge in [-0.2, -0.15) is 47.0 Å². The molecule has 2 aliphatic heterocycles. The molecule has 3 aliphatic rings. The first kappa shape index (κ1) is 24.5. The van der Waals surface area contributed by atoms with Crippen molar-refractivity contribution in [1.29, 1.82) is 0 Å². The Morgan fingerprint density at radius 3 is 1.93 bits per heavy atom. The van der Waals surface area contributed by atoms with Crippen molar-refractivity contribution in [3.8, 4) is 0 Å². The summed E-state index contributed by atoms with van der Waals surface area (Å²) in [6, 6.07) is 0. The SMILES string of the molecule is C1=CC2=NCCOCCSCCSCCSCCSCCOCCNC1=CC2. The van der Waals surface area contributed by atoms with Gasteiger partial charge in [0.1, 0.15) is 0 Å². The average Bonchev–Trinajstić information content (AvgIpc) is 2.72. The van der Waals surface area contributed by atoms with Crippen molar-refractivity contribution in [2.45, 2.75) is 6.42 Å². The maximum Gasteiger partial charge on any atom is 0.0662 e. The van der Waals surface area contributed by atoms with Gasteiger partial charge in [0.05, 0.1) is 33.0 Å². The molecule has 0 aromatic rings. The lowest BCUT2D eigenvalue weighted by Crippen LogP contribution is -2.20. The summed E-state index contributed by atoms with van der Waals surface area (Å²) in [5, 5.41) is 3.42. The van der Waals surface area contributed by atoms with Gasteiger partial charge >= 0.3 is 0 Å². The van der Waals surface area contributed by atoms with E-state index in [1.54, 1.807) is 0 Å². The highest BCUT2D eigenvalue weighted by molar-refractivity contribution is 8.05. The molecule has 0 amide bonds. The topological polar surface area (TPSA) is 42.9 Å². The zero-order valence-electron chi connectivity index (χ0n) is 16.7. The summed E-state index contributed by atoms with van der Waals surface area (Å²) in [5.74, 6) is 9.69. The van der Waals surface area contributed by atoms with Crippen LogP contribution in [0, 0.1) is 0 Å². The van der Waals surface area contributed by atoms with Crippen LogP contribution in [-0.4, -0.2) is 91.3 Å². The first-order valence-corrected chi connectivity index (χ1v) is 14.7. The first-order chi connectivity index (χ1) is 13.9. The van der Waals surface area contributed by atoms with E-state index in [9.17, 15) is 0 Å². The molecule has 0 spiro atoms. The Labute approximate surface area is 187 Å². The van der Waals surface area contributed by atoms with Crippen LogP contribution in [0.5, 0.6) is 0 Å². The lowest BCUT2D eigenvalue weighted by molar-refractivity contribution is 0.154. The number of fused-ring (bicyclic) bond motifs is 22. The van der Waals surface area contributed by atoms with Gasteiger partial charge in [0, 0.05) is 70.4 Å². The molecule has 1 N–H and O–H groups in total. The van der Waals surface area contributed by atoms with E-state index in [1.165, 1.54) is 40.2 Å². The number of allylic oxidation sites excluding steroid dienone is 3. The van der Waals surface area contributed by atoms with E-state index in [0.29, 0.717) is 6.61 Å². The second-order valence-electron chi connectivity index (χ2n) is 6.17. The fourth-order valence-electron chi connectivity index (χ4n) is 2.51. The summed E-state index contributed by atoms with van der Waals surface area (Å²) in [5.41, 5.74) is 2.30. The summed E-state index contributed by atoms with van der Waals surface area (Å²) in [6.45, 7) is 4.76. The highest BCUT2D eigenvalue weighted by Gasteiger charge is 2.02. The van der Waals surface area contributed by atoms with Crippen molar-refractivity contribution in [3.05, 3.63) is 23.9 Å². The quantitative estimate of drug-likeness (QED) is 0.587. The predicted molar refractivity (Wildman–Crippen MR) is 133 cm³/mol. The third-order valence-electron chi connectivity index (χ3n) is 3.97. The van der Waals surface area contributed by atoms with Crippen molar-refractivity contribution in [1.82, 2.24) is 5.32 Å². The molecular weight excluding hydrogens is 429 g/mol. The summed E-state index contributed by atoms with van der Waals surface area (Å²) < 4.78 is 11.4. The van der Waals surface area contributed by atoms with E-state index in [-0.39, 0.29) is 0 Å². The fourth-order valence-corrected chi connectivity index (χ4v) is 6.62. The molecule has 1 aliphatic carbocycles. The fraction of sp³-hybridized carbons (Fsp3) is 0.750. The molecular formula is C20H34N2O2S4. The minimum atomic E-state index is 0.717. The maximum atomic E-state index is 5.72. The molecule has 3 rings (SSSR count). The average molecular weight is 463 g/mol. The molecule has 2 heterocycles. The molecule has 160 valence electrons. The van der Waals surface area contributed by atoms with Crippen molar-refractivity contribution in [3.63, 3.8) is 0 Å². The van der Waals surface area contributed by atoms with Crippen molar-refractivity contribution >= 4 is 52.8 Å². The minimum absolute atomic E-state index is 0.717. The normalized spacial score (nSPS) is 23.4. The van der Waals surface area contributed by atoms with Crippen molar-refractivity contribution < 1.29 is 9.47 Å². The second kappa shape index (κ2) is 18.1. The Bertz CT molecular complexity index is 487. The number of ether oxygens (including phenoxy) is 2. The zero-order chi connectivity index (χ0) is 19.5. The standard InChI is InChI=1S/C20H34N2O2S4/c1-2-20-4-3-19(1)21-5-7-23-9-11-25-13-15-27-17-18-28-16-14-26-12-10-24-8-6-22-20/h1-3,21H,4-18H2. The molecule has 0 saturated heterocycles. The van der Waals surface area contributed by atoms with Gasteiger partial charge in [0.2, 0.25) is 0 Å². The van der Waals surface area contributed by atoms with Gasteiger partial charge in [-0.15, -0.1) is 0 Å². The lowest BCUT2D eigenvalue weighted by atomic mass is 10.1. The van der Waals surface area contributed by atoms with Crippen LogP contribution in [-0.2, 0) is 9.47 Å². The molecule has 4 nitrogen and oxygen atoms in total. The summed E-state index contributed by atoms with van der Waals surface area (Å²) in [6.07, 6.45) is 7.30. The van der Waals surface area contributed by atoms with Crippen LogP contribution in [0.3, 0.4) is 0 Å². The molecule has 8 heteroatoms. The zero-order valence-corrected chi connectivity index (χ0v) is 20.0. The molecule has 28 heavy (non-hydrogen) atoms. The third-order valence-corrected chi connectivity index (χ3v) is 8.62. The number of nitrogens with one attached hydrogen (secondary N) is 1. The number of hydrogen-bond acceptors (Lipinski definition) is 8. The monoisotopic (exact) mass is 462 g/mol. The van der Waals surface area contributed by atoms with Crippen molar-refractivity contribution in [2.24, 2.45) is 4.99 Å². The maximum absolute atomic E-state index is 5.72. The van der Waals surface area contributed by atoms with Gasteiger partial charge in [-0.25, -0.2) is 0 Å². The Morgan fingerprint density at radius 2 is 1.32 bits per heavy atom. The molecule has 0 fully saturated rings. The van der Waals surface area contributed by atoms with Crippen LogP contribution in [0.25, 0.3) is 0 Å². The van der Waals surface area contributed by atoms with E-state index < -0.39 is 0 Å².